The van der Waals surface area contributed by atoms with Gasteiger partial charge in [0.25, 0.3) is 0 Å². The molecule has 0 radical (unpaired) electrons. The predicted molar refractivity (Wildman–Crippen MR) is 120 cm³/mol. The molecule has 0 atom stereocenters. The lowest BCUT2D eigenvalue weighted by molar-refractivity contribution is 0.0527. The third kappa shape index (κ3) is 11.7. The number of rotatable bonds is 8. The third-order valence-electron chi connectivity index (χ3n) is 3.48. The van der Waals surface area contributed by atoms with Crippen molar-refractivity contribution in [1.29, 1.82) is 0 Å². The fourth-order valence-corrected chi connectivity index (χ4v) is 2.36. The minimum atomic E-state index is -0.471. The average Bonchev–Trinajstić information content (AvgIpc) is 2.85. The van der Waals surface area contributed by atoms with Crippen molar-refractivity contribution in [3.63, 3.8) is 0 Å². The number of aromatic nitrogens is 2. The van der Waals surface area contributed by atoms with Crippen LogP contribution in [-0.2, 0) is 11.3 Å². The highest BCUT2D eigenvalue weighted by Gasteiger charge is 2.15. The summed E-state index contributed by atoms with van der Waals surface area (Å²) in [4.78, 5) is 15.7. The van der Waals surface area contributed by atoms with E-state index < -0.39 is 5.60 Å². The van der Waals surface area contributed by atoms with E-state index in [0.29, 0.717) is 13.1 Å². The summed E-state index contributed by atoms with van der Waals surface area (Å²) in [5.41, 5.74) is 1.76. The van der Waals surface area contributed by atoms with Crippen LogP contribution in [0.2, 0.25) is 0 Å². The maximum Gasteiger partial charge on any atom is 0.407 e. The molecular weight excluding hydrogens is 459 g/mol. The second kappa shape index (κ2) is 12.8. The number of aliphatic imine (C=N–C) groups is 1. The smallest absolute Gasteiger partial charge is 0.407 e. The number of carbonyl (C=O) groups is 1. The second-order valence-electron chi connectivity index (χ2n) is 7.21. The summed E-state index contributed by atoms with van der Waals surface area (Å²) < 4.78 is 7.21. The second-order valence-corrected chi connectivity index (χ2v) is 7.21. The SMILES string of the molecule is CN=C(NCCCNC(=O)OC(C)(C)C)NCCCn1nc(C)cc1C.I. The highest BCUT2D eigenvalue weighted by Crippen LogP contribution is 2.06. The first-order valence-corrected chi connectivity index (χ1v) is 9.13. The summed E-state index contributed by atoms with van der Waals surface area (Å²) in [6.45, 7) is 12.6. The molecule has 27 heavy (non-hydrogen) atoms. The molecule has 8 nitrogen and oxygen atoms in total. The number of ether oxygens (including phenoxy) is 1. The molecule has 9 heteroatoms. The van der Waals surface area contributed by atoms with E-state index in [1.165, 1.54) is 5.69 Å². The Kier molecular flexibility index (Phi) is 12.1. The van der Waals surface area contributed by atoms with E-state index in [1.54, 1.807) is 7.05 Å². The predicted octanol–water partition coefficient (Wildman–Crippen LogP) is 2.59. The summed E-state index contributed by atoms with van der Waals surface area (Å²) in [6.07, 6.45) is 1.36. The van der Waals surface area contributed by atoms with E-state index in [-0.39, 0.29) is 30.1 Å². The molecule has 0 aliphatic rings. The van der Waals surface area contributed by atoms with Gasteiger partial charge in [-0.25, -0.2) is 4.79 Å². The van der Waals surface area contributed by atoms with Crippen LogP contribution in [0.1, 0.15) is 45.0 Å². The maximum absolute atomic E-state index is 11.5. The minimum Gasteiger partial charge on any atom is -0.444 e. The largest absolute Gasteiger partial charge is 0.444 e. The molecule has 0 bridgehead atoms. The van der Waals surface area contributed by atoms with Crippen molar-refractivity contribution >= 4 is 36.0 Å². The maximum atomic E-state index is 11.5. The minimum absolute atomic E-state index is 0. The van der Waals surface area contributed by atoms with Crippen LogP contribution in [0.25, 0.3) is 0 Å². The van der Waals surface area contributed by atoms with Gasteiger partial charge in [0.2, 0.25) is 0 Å². The Labute approximate surface area is 179 Å². The number of alkyl carbamates (subject to hydrolysis) is 1. The zero-order valence-electron chi connectivity index (χ0n) is 17.4. The van der Waals surface area contributed by atoms with Crippen LogP contribution in [0.4, 0.5) is 4.79 Å². The summed E-state index contributed by atoms with van der Waals surface area (Å²) in [5.74, 6) is 0.760. The molecule has 156 valence electrons. The van der Waals surface area contributed by atoms with E-state index in [0.717, 1.165) is 37.6 Å². The molecule has 1 aromatic rings. The molecule has 0 aliphatic carbocycles. The van der Waals surface area contributed by atoms with Crippen molar-refractivity contribution in [2.24, 2.45) is 4.99 Å². The van der Waals surface area contributed by atoms with Crippen molar-refractivity contribution in [3.05, 3.63) is 17.5 Å². The Balaban J connectivity index is 0.00000676. The molecular formula is C18H35IN6O2. The first kappa shape index (κ1) is 25.5. The van der Waals surface area contributed by atoms with E-state index in [2.05, 4.69) is 39.0 Å². The van der Waals surface area contributed by atoms with Gasteiger partial charge in [-0.2, -0.15) is 5.10 Å². The van der Waals surface area contributed by atoms with Gasteiger partial charge in [-0.1, -0.05) is 0 Å². The standard InChI is InChI=1S/C18H34N6O2.HI/c1-14-13-15(2)24(23-14)12-8-11-21-16(19-6)20-9-7-10-22-17(25)26-18(3,4)5;/h13H,7-12H2,1-6H3,(H,22,25)(H2,19,20,21);1H. The first-order valence-electron chi connectivity index (χ1n) is 9.13. The van der Waals surface area contributed by atoms with Crippen molar-refractivity contribution in [1.82, 2.24) is 25.7 Å². The summed E-state index contributed by atoms with van der Waals surface area (Å²) in [7, 11) is 1.75. The number of carbonyl (C=O) groups excluding carboxylic acids is 1. The molecule has 1 rings (SSSR count). The average molecular weight is 494 g/mol. The number of hydrogen-bond acceptors (Lipinski definition) is 4. The monoisotopic (exact) mass is 494 g/mol. The van der Waals surface area contributed by atoms with Crippen molar-refractivity contribution in [2.45, 2.75) is 59.6 Å². The number of hydrogen-bond donors (Lipinski definition) is 3. The van der Waals surface area contributed by atoms with Crippen LogP contribution < -0.4 is 16.0 Å². The van der Waals surface area contributed by atoms with Crippen LogP contribution in [-0.4, -0.2) is 54.1 Å². The fraction of sp³-hybridized carbons (Fsp3) is 0.722. The summed E-state index contributed by atoms with van der Waals surface area (Å²) in [5, 5.41) is 13.7. The van der Waals surface area contributed by atoms with Gasteiger partial charge < -0.3 is 20.7 Å². The zero-order chi connectivity index (χ0) is 19.6. The number of halogens is 1. The first-order chi connectivity index (χ1) is 12.2. The highest BCUT2D eigenvalue weighted by molar-refractivity contribution is 14.0. The lowest BCUT2D eigenvalue weighted by Crippen LogP contribution is -2.39. The van der Waals surface area contributed by atoms with Crippen LogP contribution in [0, 0.1) is 13.8 Å². The number of amides is 1. The Bertz CT molecular complexity index is 595. The lowest BCUT2D eigenvalue weighted by Gasteiger charge is -2.19. The molecule has 0 spiro atoms. The van der Waals surface area contributed by atoms with E-state index >= 15 is 0 Å². The van der Waals surface area contributed by atoms with Crippen molar-refractivity contribution in [2.75, 3.05) is 26.7 Å². The van der Waals surface area contributed by atoms with Crippen molar-refractivity contribution < 1.29 is 9.53 Å². The number of aryl methyl sites for hydroxylation is 3. The van der Waals surface area contributed by atoms with Gasteiger partial charge in [-0.3, -0.25) is 9.67 Å². The van der Waals surface area contributed by atoms with Crippen molar-refractivity contribution in [3.8, 4) is 0 Å². The molecule has 1 amide bonds. The quantitative estimate of drug-likeness (QED) is 0.224. The number of nitrogens with zero attached hydrogens (tertiary/aromatic N) is 3. The lowest BCUT2D eigenvalue weighted by atomic mass is 10.2. The molecule has 0 unspecified atom stereocenters. The Hall–Kier alpha value is -1.52. The normalized spacial score (nSPS) is 11.6. The Morgan fingerprint density at radius 3 is 2.26 bits per heavy atom. The van der Waals surface area contributed by atoms with E-state index in [1.807, 2.05) is 32.4 Å². The molecule has 0 aliphatic heterocycles. The molecule has 3 N–H and O–H groups in total. The molecule has 0 fully saturated rings. The van der Waals surface area contributed by atoms with Gasteiger partial charge >= 0.3 is 6.09 Å². The molecule has 1 heterocycles. The van der Waals surface area contributed by atoms with Gasteiger partial charge in [-0.15, -0.1) is 24.0 Å². The van der Waals surface area contributed by atoms with Crippen LogP contribution in [0.15, 0.2) is 11.1 Å². The topological polar surface area (TPSA) is 92.6 Å². The number of nitrogens with one attached hydrogen (secondary N) is 3. The van der Waals surface area contributed by atoms with Gasteiger partial charge in [0.15, 0.2) is 5.96 Å². The molecule has 0 aromatic carbocycles. The zero-order valence-corrected chi connectivity index (χ0v) is 19.7. The third-order valence-corrected chi connectivity index (χ3v) is 3.48. The Morgan fingerprint density at radius 2 is 1.74 bits per heavy atom. The molecule has 0 saturated heterocycles. The van der Waals surface area contributed by atoms with E-state index in [9.17, 15) is 4.79 Å². The fourth-order valence-electron chi connectivity index (χ4n) is 2.36. The van der Waals surface area contributed by atoms with Crippen LogP contribution in [0.5, 0.6) is 0 Å². The summed E-state index contributed by atoms with van der Waals surface area (Å²) >= 11 is 0. The number of guanidine groups is 1. The van der Waals surface area contributed by atoms with Gasteiger partial charge in [0, 0.05) is 38.9 Å². The Morgan fingerprint density at radius 1 is 1.15 bits per heavy atom. The van der Waals surface area contributed by atoms with Crippen LogP contribution in [0.3, 0.4) is 0 Å². The van der Waals surface area contributed by atoms with E-state index in [4.69, 9.17) is 4.74 Å². The molecule has 0 saturated carbocycles. The summed E-state index contributed by atoms with van der Waals surface area (Å²) in [6, 6.07) is 2.08. The van der Waals surface area contributed by atoms with Gasteiger partial charge in [0.1, 0.15) is 5.60 Å². The van der Waals surface area contributed by atoms with Crippen LogP contribution >= 0.6 is 24.0 Å². The highest BCUT2D eigenvalue weighted by atomic mass is 127. The van der Waals surface area contributed by atoms with Gasteiger partial charge in [-0.05, 0) is 53.5 Å². The molecule has 1 aromatic heterocycles. The van der Waals surface area contributed by atoms with Gasteiger partial charge in [0.05, 0.1) is 5.69 Å².